The molecule has 0 bridgehead atoms. The smallest absolute Gasteiger partial charge is 0.320 e. The fourth-order valence-corrected chi connectivity index (χ4v) is 1.46. The predicted molar refractivity (Wildman–Crippen MR) is 64.6 cm³/mol. The summed E-state index contributed by atoms with van der Waals surface area (Å²) in [6, 6.07) is 4.18. The third kappa shape index (κ3) is 3.89. The van der Waals surface area contributed by atoms with Gasteiger partial charge in [-0.05, 0) is 24.1 Å². The van der Waals surface area contributed by atoms with E-state index in [-0.39, 0.29) is 18.8 Å². The van der Waals surface area contributed by atoms with Gasteiger partial charge < -0.3 is 15.6 Å². The lowest BCUT2D eigenvalue weighted by atomic mass is 10.1. The number of carboxylic acid groups (broad SMARTS) is 1. The van der Waals surface area contributed by atoms with Crippen LogP contribution in [0.1, 0.15) is 5.56 Å². The normalized spacial score (nSPS) is 11.4. The summed E-state index contributed by atoms with van der Waals surface area (Å²) in [6.07, 6.45) is 0.249. The lowest BCUT2D eigenvalue weighted by Crippen LogP contribution is -2.32. The molecule has 1 aromatic carbocycles. The van der Waals surface area contributed by atoms with Gasteiger partial charge in [0.05, 0.1) is 12.1 Å². The molecule has 1 rings (SSSR count). The van der Waals surface area contributed by atoms with Gasteiger partial charge in [0.2, 0.25) is 0 Å². The van der Waals surface area contributed by atoms with Crippen LogP contribution in [-0.2, 0) is 11.2 Å². The van der Waals surface area contributed by atoms with Crippen LogP contribution >= 0.6 is 24.0 Å². The average molecular weight is 266 g/mol. The van der Waals surface area contributed by atoms with Crippen molar-refractivity contribution in [2.24, 2.45) is 5.73 Å². The van der Waals surface area contributed by atoms with Gasteiger partial charge >= 0.3 is 5.97 Å². The summed E-state index contributed by atoms with van der Waals surface area (Å²) in [4.78, 5) is 10.5. The number of hydrogen-bond acceptors (Lipinski definition) is 3. The number of aliphatic carboxylic acids is 1. The minimum absolute atomic E-state index is 0. The summed E-state index contributed by atoms with van der Waals surface area (Å²) in [5.41, 5.74) is 6.17. The Bertz CT molecular complexity index is 371. The first-order valence-electron chi connectivity index (χ1n) is 4.35. The van der Waals surface area contributed by atoms with Gasteiger partial charge in [0, 0.05) is 0 Å². The van der Waals surface area contributed by atoms with Crippen LogP contribution in [0.5, 0.6) is 5.75 Å². The molecule has 3 N–H and O–H groups in total. The second kappa shape index (κ2) is 6.58. The number of carbonyl (C=O) groups is 1. The number of benzene rings is 1. The Morgan fingerprint density at radius 1 is 1.62 bits per heavy atom. The van der Waals surface area contributed by atoms with Crippen molar-refractivity contribution in [2.45, 2.75) is 12.5 Å². The molecule has 0 radical (unpaired) electrons. The lowest BCUT2D eigenvalue weighted by Gasteiger charge is -2.08. The molecule has 16 heavy (non-hydrogen) atoms. The third-order valence-corrected chi connectivity index (χ3v) is 2.28. The Hall–Kier alpha value is -0.970. The number of carboxylic acids is 1. The molecule has 6 heteroatoms. The van der Waals surface area contributed by atoms with Gasteiger partial charge in [0.25, 0.3) is 0 Å². The van der Waals surface area contributed by atoms with Crippen molar-refractivity contribution in [3.8, 4) is 5.75 Å². The maximum Gasteiger partial charge on any atom is 0.320 e. The van der Waals surface area contributed by atoms with Crippen LogP contribution in [0, 0.1) is 0 Å². The van der Waals surface area contributed by atoms with E-state index in [0.717, 1.165) is 5.56 Å². The zero-order chi connectivity index (χ0) is 11.4. The summed E-state index contributed by atoms with van der Waals surface area (Å²) in [5.74, 6) is -0.466. The highest BCUT2D eigenvalue weighted by molar-refractivity contribution is 6.32. The highest BCUT2D eigenvalue weighted by Gasteiger charge is 2.12. The monoisotopic (exact) mass is 265 g/mol. The van der Waals surface area contributed by atoms with Gasteiger partial charge in [-0.15, -0.1) is 12.4 Å². The SMILES string of the molecule is COc1ccc(CC(N)C(=O)O)cc1Cl.Cl. The van der Waals surface area contributed by atoms with Gasteiger partial charge in [0.15, 0.2) is 0 Å². The summed E-state index contributed by atoms with van der Waals surface area (Å²) in [6.45, 7) is 0. The molecule has 0 spiro atoms. The summed E-state index contributed by atoms with van der Waals surface area (Å²) >= 11 is 5.88. The molecule has 4 nitrogen and oxygen atoms in total. The Balaban J connectivity index is 0.00000225. The van der Waals surface area contributed by atoms with Gasteiger partial charge in [-0.3, -0.25) is 4.79 Å². The Labute approximate surface area is 105 Å². The zero-order valence-electron chi connectivity index (χ0n) is 8.64. The summed E-state index contributed by atoms with van der Waals surface area (Å²) in [7, 11) is 1.52. The molecule has 90 valence electrons. The van der Waals surface area contributed by atoms with Gasteiger partial charge in [-0.2, -0.15) is 0 Å². The van der Waals surface area contributed by atoms with Crippen molar-refractivity contribution >= 4 is 30.0 Å². The Morgan fingerprint density at radius 3 is 2.69 bits per heavy atom. The van der Waals surface area contributed by atoms with E-state index in [0.29, 0.717) is 10.8 Å². The molecule has 0 aromatic heterocycles. The zero-order valence-corrected chi connectivity index (χ0v) is 10.2. The predicted octanol–water partition coefficient (Wildman–Crippen LogP) is 1.72. The van der Waals surface area contributed by atoms with Gasteiger partial charge in [-0.25, -0.2) is 0 Å². The van der Waals surface area contributed by atoms with E-state index in [1.807, 2.05) is 0 Å². The minimum atomic E-state index is -1.03. The van der Waals surface area contributed by atoms with Crippen molar-refractivity contribution < 1.29 is 14.6 Å². The molecule has 0 aliphatic rings. The van der Waals surface area contributed by atoms with Crippen molar-refractivity contribution in [2.75, 3.05) is 7.11 Å². The molecule has 0 saturated heterocycles. The van der Waals surface area contributed by atoms with E-state index >= 15 is 0 Å². The number of halogens is 2. The second-order valence-electron chi connectivity index (χ2n) is 3.12. The fraction of sp³-hybridized carbons (Fsp3) is 0.300. The first-order chi connectivity index (χ1) is 7.04. The molecule has 1 aromatic rings. The van der Waals surface area contributed by atoms with E-state index in [1.54, 1.807) is 18.2 Å². The van der Waals surface area contributed by atoms with Crippen LogP contribution in [0.2, 0.25) is 5.02 Å². The maximum atomic E-state index is 10.5. The van der Waals surface area contributed by atoms with Crippen LogP contribution in [-0.4, -0.2) is 24.2 Å². The van der Waals surface area contributed by atoms with Crippen molar-refractivity contribution in [1.29, 1.82) is 0 Å². The topological polar surface area (TPSA) is 72.5 Å². The standard InChI is InChI=1S/C10H12ClNO3.ClH/c1-15-9-3-2-6(4-7(9)11)5-8(12)10(13)14;/h2-4,8H,5,12H2,1H3,(H,13,14);1H. The largest absolute Gasteiger partial charge is 0.495 e. The van der Waals surface area contributed by atoms with E-state index in [1.165, 1.54) is 7.11 Å². The third-order valence-electron chi connectivity index (χ3n) is 1.99. The molecule has 0 aliphatic heterocycles. The molecule has 0 heterocycles. The first kappa shape index (κ1) is 15.0. The summed E-state index contributed by atoms with van der Waals surface area (Å²) < 4.78 is 4.97. The summed E-state index contributed by atoms with van der Waals surface area (Å²) in [5, 5.41) is 9.08. The van der Waals surface area contributed by atoms with Crippen LogP contribution in [0.3, 0.4) is 0 Å². The molecule has 1 atom stereocenters. The van der Waals surface area contributed by atoms with Crippen LogP contribution in [0.4, 0.5) is 0 Å². The van der Waals surface area contributed by atoms with Crippen molar-refractivity contribution in [3.05, 3.63) is 28.8 Å². The van der Waals surface area contributed by atoms with Crippen LogP contribution in [0.25, 0.3) is 0 Å². The molecule has 0 fully saturated rings. The molecule has 1 unspecified atom stereocenters. The molecule has 0 amide bonds. The maximum absolute atomic E-state index is 10.5. The first-order valence-corrected chi connectivity index (χ1v) is 4.73. The van der Waals surface area contributed by atoms with Crippen molar-refractivity contribution in [1.82, 2.24) is 0 Å². The number of nitrogens with two attached hydrogens (primary N) is 1. The minimum Gasteiger partial charge on any atom is -0.495 e. The number of hydrogen-bond donors (Lipinski definition) is 2. The number of methoxy groups -OCH3 is 1. The van der Waals surface area contributed by atoms with E-state index in [9.17, 15) is 4.79 Å². The Kier molecular flexibility index (Phi) is 6.18. The quantitative estimate of drug-likeness (QED) is 0.870. The molecule has 0 saturated carbocycles. The van der Waals surface area contributed by atoms with E-state index in [2.05, 4.69) is 0 Å². The highest BCUT2D eigenvalue weighted by atomic mass is 35.5. The van der Waals surface area contributed by atoms with Crippen LogP contribution < -0.4 is 10.5 Å². The fourth-order valence-electron chi connectivity index (χ4n) is 1.18. The number of rotatable bonds is 4. The molecule has 0 aliphatic carbocycles. The van der Waals surface area contributed by atoms with E-state index < -0.39 is 12.0 Å². The van der Waals surface area contributed by atoms with Crippen molar-refractivity contribution in [3.63, 3.8) is 0 Å². The molecular weight excluding hydrogens is 253 g/mol. The highest BCUT2D eigenvalue weighted by Crippen LogP contribution is 2.25. The van der Waals surface area contributed by atoms with Gasteiger partial charge in [0.1, 0.15) is 11.8 Å². The van der Waals surface area contributed by atoms with Gasteiger partial charge in [-0.1, -0.05) is 17.7 Å². The second-order valence-corrected chi connectivity index (χ2v) is 3.52. The number of ether oxygens (including phenoxy) is 1. The lowest BCUT2D eigenvalue weighted by molar-refractivity contribution is -0.138. The van der Waals surface area contributed by atoms with E-state index in [4.69, 9.17) is 27.2 Å². The molecular formula is C10H13Cl2NO3. The average Bonchev–Trinajstić information content (AvgIpc) is 2.18. The Morgan fingerprint density at radius 2 is 2.25 bits per heavy atom. The van der Waals surface area contributed by atoms with Crippen LogP contribution in [0.15, 0.2) is 18.2 Å².